The molecule has 0 aliphatic carbocycles. The highest BCUT2D eigenvalue weighted by molar-refractivity contribution is 14.1. The second-order valence-corrected chi connectivity index (χ2v) is 6.50. The fraction of sp³-hybridized carbons (Fsp3) is 0.231. The smallest absolute Gasteiger partial charge is 0.125 e. The van der Waals surface area contributed by atoms with Crippen LogP contribution in [0.25, 0.3) is 0 Å². The highest BCUT2D eigenvalue weighted by atomic mass is 127. The highest BCUT2D eigenvalue weighted by Gasteiger charge is 2.17. The predicted molar refractivity (Wildman–Crippen MR) is 80.6 cm³/mol. The van der Waals surface area contributed by atoms with E-state index in [1.165, 1.54) is 0 Å². The van der Waals surface area contributed by atoms with Gasteiger partial charge in [0, 0.05) is 5.56 Å². The maximum atomic E-state index is 10.4. The van der Waals surface area contributed by atoms with Gasteiger partial charge in [0.15, 0.2) is 0 Å². The first kappa shape index (κ1) is 13.6. The standard InChI is InChI=1S/C13H13IO3S/c1-16-9-3-4-11(17-2)10(6-9)13(15)8-5-12(14)18-7-8/h3-7,13,15H,1-2H3. The molecule has 0 radical (unpaired) electrons. The molecule has 0 saturated heterocycles. The Morgan fingerprint density at radius 2 is 2.00 bits per heavy atom. The van der Waals surface area contributed by atoms with Gasteiger partial charge in [0.1, 0.15) is 17.6 Å². The molecule has 0 aliphatic heterocycles. The third-order valence-corrected chi connectivity index (χ3v) is 4.44. The van der Waals surface area contributed by atoms with Gasteiger partial charge >= 0.3 is 0 Å². The molecule has 1 N–H and O–H groups in total. The molecular weight excluding hydrogens is 363 g/mol. The van der Waals surface area contributed by atoms with Crippen molar-refractivity contribution in [1.82, 2.24) is 0 Å². The highest BCUT2D eigenvalue weighted by Crippen LogP contribution is 2.34. The van der Waals surface area contributed by atoms with Gasteiger partial charge in [-0.3, -0.25) is 0 Å². The number of halogens is 1. The number of thiophene rings is 1. The normalized spacial score (nSPS) is 12.2. The number of aliphatic hydroxyl groups is 1. The van der Waals surface area contributed by atoms with Crippen LogP contribution in [0.4, 0.5) is 0 Å². The van der Waals surface area contributed by atoms with E-state index in [4.69, 9.17) is 9.47 Å². The lowest BCUT2D eigenvalue weighted by Gasteiger charge is -2.15. The first-order valence-electron chi connectivity index (χ1n) is 5.29. The summed E-state index contributed by atoms with van der Waals surface area (Å²) in [6, 6.07) is 7.38. The van der Waals surface area contributed by atoms with Crippen LogP contribution in [0.1, 0.15) is 17.2 Å². The summed E-state index contributed by atoms with van der Waals surface area (Å²) < 4.78 is 11.6. The SMILES string of the molecule is COc1ccc(OC)c(C(O)c2csc(I)c2)c1. The Balaban J connectivity index is 2.41. The van der Waals surface area contributed by atoms with E-state index < -0.39 is 6.10 Å². The van der Waals surface area contributed by atoms with Crippen LogP contribution < -0.4 is 9.47 Å². The van der Waals surface area contributed by atoms with Gasteiger partial charge in [-0.2, -0.15) is 0 Å². The van der Waals surface area contributed by atoms with E-state index in [1.54, 1.807) is 37.7 Å². The van der Waals surface area contributed by atoms with Crippen molar-refractivity contribution in [2.24, 2.45) is 0 Å². The summed E-state index contributed by atoms with van der Waals surface area (Å²) >= 11 is 3.84. The van der Waals surface area contributed by atoms with Gasteiger partial charge in [-0.05, 0) is 57.8 Å². The minimum atomic E-state index is -0.699. The van der Waals surface area contributed by atoms with Gasteiger partial charge in [0.2, 0.25) is 0 Å². The zero-order valence-corrected chi connectivity index (χ0v) is 13.0. The summed E-state index contributed by atoms with van der Waals surface area (Å²) in [5.41, 5.74) is 1.59. The molecule has 0 bridgehead atoms. The van der Waals surface area contributed by atoms with E-state index in [0.29, 0.717) is 17.1 Å². The predicted octanol–water partition coefficient (Wildman–Crippen LogP) is 3.45. The molecule has 0 fully saturated rings. The molecule has 2 rings (SSSR count). The number of rotatable bonds is 4. The minimum absolute atomic E-state index is 0.657. The van der Waals surface area contributed by atoms with Crippen molar-refractivity contribution in [3.05, 3.63) is 43.7 Å². The number of ether oxygens (including phenoxy) is 2. The molecule has 2 aromatic rings. The average molecular weight is 376 g/mol. The van der Waals surface area contributed by atoms with Crippen LogP contribution in [0.5, 0.6) is 11.5 Å². The number of hydrogen-bond donors (Lipinski definition) is 1. The zero-order valence-electron chi connectivity index (χ0n) is 10.0. The van der Waals surface area contributed by atoms with E-state index in [1.807, 2.05) is 17.5 Å². The Kier molecular flexibility index (Phi) is 4.47. The van der Waals surface area contributed by atoms with E-state index in [-0.39, 0.29) is 0 Å². The Bertz CT molecular complexity index is 539. The van der Waals surface area contributed by atoms with Gasteiger partial charge in [-0.15, -0.1) is 11.3 Å². The summed E-state index contributed by atoms with van der Waals surface area (Å²) in [5.74, 6) is 1.36. The molecule has 96 valence electrons. The Morgan fingerprint density at radius 3 is 2.56 bits per heavy atom. The van der Waals surface area contributed by atoms with Crippen LogP contribution in [0.3, 0.4) is 0 Å². The molecular formula is C13H13IO3S. The van der Waals surface area contributed by atoms with Crippen LogP contribution in [-0.2, 0) is 0 Å². The summed E-state index contributed by atoms with van der Waals surface area (Å²) in [4.78, 5) is 0. The van der Waals surface area contributed by atoms with E-state index in [0.717, 1.165) is 8.45 Å². The van der Waals surface area contributed by atoms with Gasteiger partial charge < -0.3 is 14.6 Å². The van der Waals surface area contributed by atoms with E-state index in [2.05, 4.69) is 22.6 Å². The quantitative estimate of drug-likeness (QED) is 0.831. The number of aliphatic hydroxyl groups excluding tert-OH is 1. The second kappa shape index (κ2) is 5.90. The molecule has 5 heteroatoms. The topological polar surface area (TPSA) is 38.7 Å². The van der Waals surface area contributed by atoms with Crippen molar-refractivity contribution in [1.29, 1.82) is 0 Å². The van der Waals surface area contributed by atoms with Crippen LogP contribution in [0.2, 0.25) is 0 Å². The lowest BCUT2D eigenvalue weighted by Crippen LogP contribution is -2.02. The molecule has 1 atom stereocenters. The Morgan fingerprint density at radius 1 is 1.22 bits per heavy atom. The molecule has 18 heavy (non-hydrogen) atoms. The molecule has 1 heterocycles. The van der Waals surface area contributed by atoms with Gasteiger partial charge in [0.25, 0.3) is 0 Å². The van der Waals surface area contributed by atoms with E-state index in [9.17, 15) is 5.11 Å². The summed E-state index contributed by atoms with van der Waals surface area (Å²) in [7, 11) is 3.20. The van der Waals surface area contributed by atoms with Crippen molar-refractivity contribution < 1.29 is 14.6 Å². The number of benzene rings is 1. The first-order valence-corrected chi connectivity index (χ1v) is 7.25. The molecule has 1 aromatic heterocycles. The Hall–Kier alpha value is -0.790. The maximum Gasteiger partial charge on any atom is 0.125 e. The Labute approximate surface area is 124 Å². The third-order valence-electron chi connectivity index (χ3n) is 2.63. The monoisotopic (exact) mass is 376 g/mol. The molecule has 3 nitrogen and oxygen atoms in total. The average Bonchev–Trinajstić information content (AvgIpc) is 2.83. The van der Waals surface area contributed by atoms with Crippen LogP contribution in [0.15, 0.2) is 29.6 Å². The summed E-state index contributed by atoms with van der Waals surface area (Å²) in [6.45, 7) is 0. The molecule has 0 amide bonds. The fourth-order valence-corrected chi connectivity index (χ4v) is 3.09. The van der Waals surface area contributed by atoms with Crippen molar-refractivity contribution in [3.8, 4) is 11.5 Å². The lowest BCUT2D eigenvalue weighted by molar-refractivity contribution is 0.214. The summed E-state index contributed by atoms with van der Waals surface area (Å²) in [5, 5.41) is 12.4. The van der Waals surface area contributed by atoms with Crippen molar-refractivity contribution in [2.75, 3.05) is 14.2 Å². The molecule has 0 spiro atoms. The van der Waals surface area contributed by atoms with E-state index >= 15 is 0 Å². The molecule has 1 aromatic carbocycles. The second-order valence-electron chi connectivity index (χ2n) is 3.69. The lowest BCUT2D eigenvalue weighted by atomic mass is 10.0. The third kappa shape index (κ3) is 2.78. The van der Waals surface area contributed by atoms with Gasteiger partial charge in [0.05, 0.1) is 17.1 Å². The van der Waals surface area contributed by atoms with Crippen LogP contribution in [0, 0.1) is 2.88 Å². The van der Waals surface area contributed by atoms with Crippen molar-refractivity contribution in [3.63, 3.8) is 0 Å². The minimum Gasteiger partial charge on any atom is -0.497 e. The van der Waals surface area contributed by atoms with Gasteiger partial charge in [-0.25, -0.2) is 0 Å². The molecule has 0 saturated carbocycles. The molecule has 1 unspecified atom stereocenters. The van der Waals surface area contributed by atoms with Crippen LogP contribution >= 0.6 is 33.9 Å². The maximum absolute atomic E-state index is 10.4. The summed E-state index contributed by atoms with van der Waals surface area (Å²) in [6.07, 6.45) is -0.699. The number of hydrogen-bond acceptors (Lipinski definition) is 4. The van der Waals surface area contributed by atoms with Crippen molar-refractivity contribution >= 4 is 33.9 Å². The van der Waals surface area contributed by atoms with Crippen LogP contribution in [-0.4, -0.2) is 19.3 Å². The molecule has 0 aliphatic rings. The zero-order chi connectivity index (χ0) is 13.1. The largest absolute Gasteiger partial charge is 0.497 e. The fourth-order valence-electron chi connectivity index (χ4n) is 1.70. The number of methoxy groups -OCH3 is 2. The van der Waals surface area contributed by atoms with Crippen molar-refractivity contribution in [2.45, 2.75) is 6.10 Å². The van der Waals surface area contributed by atoms with Gasteiger partial charge in [-0.1, -0.05) is 0 Å². The first-order chi connectivity index (χ1) is 8.65.